The molecule has 0 radical (unpaired) electrons. The van der Waals surface area contributed by atoms with E-state index in [1.807, 2.05) is 23.3 Å². The molecule has 0 atom stereocenters. The van der Waals surface area contributed by atoms with E-state index in [1.54, 1.807) is 17.7 Å². The number of aryl methyl sites for hydroxylation is 2. The number of amides is 1. The van der Waals surface area contributed by atoms with Crippen LogP contribution < -0.4 is 0 Å². The van der Waals surface area contributed by atoms with Gasteiger partial charge in [0, 0.05) is 24.5 Å². The predicted molar refractivity (Wildman–Crippen MR) is 95.8 cm³/mol. The molecule has 0 bridgehead atoms. The summed E-state index contributed by atoms with van der Waals surface area (Å²) in [6.07, 6.45) is 2.68. The molecule has 0 unspecified atom stereocenters. The van der Waals surface area contributed by atoms with Crippen LogP contribution in [0.2, 0.25) is 0 Å². The quantitative estimate of drug-likeness (QED) is 0.515. The highest BCUT2D eigenvalue weighted by atomic mass is 32.2. The van der Waals surface area contributed by atoms with Crippen LogP contribution in [0.3, 0.4) is 0 Å². The predicted octanol–water partition coefficient (Wildman–Crippen LogP) is 3.10. The van der Waals surface area contributed by atoms with E-state index in [9.17, 15) is 4.79 Å². The van der Waals surface area contributed by atoms with Gasteiger partial charge in [-0.15, -0.1) is 21.5 Å². The summed E-state index contributed by atoms with van der Waals surface area (Å²) in [6.45, 7) is 9.92. The Morgan fingerprint density at radius 3 is 3.00 bits per heavy atom. The van der Waals surface area contributed by atoms with Crippen molar-refractivity contribution in [1.29, 1.82) is 0 Å². The summed E-state index contributed by atoms with van der Waals surface area (Å²) in [5.74, 6) is 0.479. The summed E-state index contributed by atoms with van der Waals surface area (Å²) >= 11 is 3.19. The number of likely N-dealkylation sites (N-methyl/N-ethyl adjacent to an activating group) is 1. The summed E-state index contributed by atoms with van der Waals surface area (Å²) in [5, 5.41) is 11.0. The van der Waals surface area contributed by atoms with E-state index in [1.165, 1.54) is 16.6 Å². The molecule has 1 amide bonds. The first kappa shape index (κ1) is 17.7. The minimum absolute atomic E-state index is 0.105. The van der Waals surface area contributed by atoms with Gasteiger partial charge in [0.05, 0.1) is 5.75 Å². The first-order valence-electron chi connectivity index (χ1n) is 7.55. The minimum Gasteiger partial charge on any atom is -0.338 e. The zero-order valence-electron chi connectivity index (χ0n) is 13.6. The summed E-state index contributed by atoms with van der Waals surface area (Å²) in [7, 11) is 0. The van der Waals surface area contributed by atoms with Crippen LogP contribution in [-0.4, -0.2) is 44.4 Å². The number of thiophene rings is 1. The van der Waals surface area contributed by atoms with Gasteiger partial charge in [0.15, 0.2) is 5.16 Å². The number of carbonyl (C=O) groups is 1. The van der Waals surface area contributed by atoms with Crippen LogP contribution in [0.4, 0.5) is 0 Å². The summed E-state index contributed by atoms with van der Waals surface area (Å²) < 4.78 is 2.01. The van der Waals surface area contributed by atoms with Crippen LogP contribution in [0.5, 0.6) is 0 Å². The Balaban J connectivity index is 1.87. The molecule has 5 nitrogen and oxygen atoms in total. The molecule has 124 valence electrons. The second-order valence-electron chi connectivity index (χ2n) is 5.29. The topological polar surface area (TPSA) is 51.0 Å². The molecule has 0 aromatic carbocycles. The van der Waals surface area contributed by atoms with Gasteiger partial charge >= 0.3 is 0 Å². The first-order chi connectivity index (χ1) is 11.1. The molecule has 2 rings (SSSR count). The molecule has 0 saturated heterocycles. The molecule has 0 fully saturated rings. The van der Waals surface area contributed by atoms with Gasteiger partial charge in [0.25, 0.3) is 0 Å². The molecule has 2 aromatic rings. The smallest absolute Gasteiger partial charge is 0.233 e. The monoisotopic (exact) mass is 350 g/mol. The zero-order valence-corrected chi connectivity index (χ0v) is 15.2. The average Bonchev–Trinajstić information content (AvgIpc) is 3.19. The lowest BCUT2D eigenvalue weighted by atomic mass is 10.3. The number of rotatable bonds is 9. The summed E-state index contributed by atoms with van der Waals surface area (Å²) in [4.78, 5) is 15.4. The molecule has 2 aromatic heterocycles. The molecular formula is C16H22N4OS2. The molecule has 0 N–H and O–H groups in total. The van der Waals surface area contributed by atoms with Gasteiger partial charge in [0.1, 0.15) is 6.33 Å². The highest BCUT2D eigenvalue weighted by molar-refractivity contribution is 7.99. The summed E-state index contributed by atoms with van der Waals surface area (Å²) in [6, 6.07) is 4.18. The van der Waals surface area contributed by atoms with Gasteiger partial charge in [-0.1, -0.05) is 30.0 Å². The largest absolute Gasteiger partial charge is 0.338 e. The normalized spacial score (nSPS) is 10.7. The highest BCUT2D eigenvalue weighted by Crippen LogP contribution is 2.17. The van der Waals surface area contributed by atoms with Crippen molar-refractivity contribution in [2.24, 2.45) is 0 Å². The van der Waals surface area contributed by atoms with Crippen molar-refractivity contribution in [2.45, 2.75) is 32.0 Å². The Morgan fingerprint density at radius 2 is 2.35 bits per heavy atom. The van der Waals surface area contributed by atoms with E-state index in [0.717, 1.165) is 23.7 Å². The van der Waals surface area contributed by atoms with Crippen LogP contribution in [0.25, 0.3) is 0 Å². The molecule has 2 heterocycles. The average molecular weight is 351 g/mol. The lowest BCUT2D eigenvalue weighted by Crippen LogP contribution is -2.33. The second kappa shape index (κ2) is 8.88. The Morgan fingerprint density at radius 1 is 1.52 bits per heavy atom. The van der Waals surface area contributed by atoms with E-state index in [-0.39, 0.29) is 5.91 Å². The number of hydrogen-bond acceptors (Lipinski definition) is 5. The van der Waals surface area contributed by atoms with Crippen molar-refractivity contribution in [3.8, 4) is 0 Å². The van der Waals surface area contributed by atoms with Crippen LogP contribution in [-0.2, 0) is 17.8 Å². The maximum absolute atomic E-state index is 12.3. The van der Waals surface area contributed by atoms with E-state index in [2.05, 4.69) is 34.3 Å². The van der Waals surface area contributed by atoms with E-state index >= 15 is 0 Å². The van der Waals surface area contributed by atoms with Gasteiger partial charge in [-0.2, -0.15) is 0 Å². The Hall–Kier alpha value is -1.60. The fourth-order valence-corrected chi connectivity index (χ4v) is 3.66. The van der Waals surface area contributed by atoms with Gasteiger partial charge in [-0.3, -0.25) is 4.79 Å². The first-order valence-corrected chi connectivity index (χ1v) is 9.41. The van der Waals surface area contributed by atoms with E-state index in [4.69, 9.17) is 0 Å². The zero-order chi connectivity index (χ0) is 16.7. The Bertz CT molecular complexity index is 636. The van der Waals surface area contributed by atoms with Crippen molar-refractivity contribution in [3.63, 3.8) is 0 Å². The van der Waals surface area contributed by atoms with E-state index in [0.29, 0.717) is 18.8 Å². The molecule has 0 saturated carbocycles. The van der Waals surface area contributed by atoms with Crippen molar-refractivity contribution in [2.75, 3.05) is 18.8 Å². The van der Waals surface area contributed by atoms with Crippen molar-refractivity contribution in [1.82, 2.24) is 19.7 Å². The van der Waals surface area contributed by atoms with Crippen molar-refractivity contribution < 1.29 is 4.79 Å². The molecule has 23 heavy (non-hydrogen) atoms. The third kappa shape index (κ3) is 5.51. The maximum Gasteiger partial charge on any atom is 0.233 e. The fourth-order valence-electron chi connectivity index (χ4n) is 2.11. The van der Waals surface area contributed by atoms with Gasteiger partial charge in [0.2, 0.25) is 5.91 Å². The van der Waals surface area contributed by atoms with Crippen LogP contribution >= 0.6 is 23.1 Å². The molecular weight excluding hydrogens is 328 g/mol. The van der Waals surface area contributed by atoms with E-state index < -0.39 is 0 Å². The number of nitrogens with zero attached hydrogens (tertiary/aromatic N) is 4. The third-order valence-corrected chi connectivity index (χ3v) is 5.18. The Labute approximate surface area is 145 Å². The highest BCUT2D eigenvalue weighted by Gasteiger charge is 2.14. The minimum atomic E-state index is 0.105. The van der Waals surface area contributed by atoms with Gasteiger partial charge in [-0.05, 0) is 31.7 Å². The maximum atomic E-state index is 12.3. The van der Waals surface area contributed by atoms with Crippen molar-refractivity contribution in [3.05, 3.63) is 40.9 Å². The molecule has 7 heteroatoms. The molecule has 0 aliphatic carbocycles. The third-order valence-electron chi connectivity index (χ3n) is 3.28. The number of thioether (sulfide) groups is 1. The molecule has 0 aliphatic heterocycles. The second-order valence-corrected chi connectivity index (χ2v) is 7.26. The SMILES string of the molecule is C=C(C)CN(CC)C(=O)CSc1nncn1CCc1cccs1. The van der Waals surface area contributed by atoms with Gasteiger partial charge < -0.3 is 9.47 Å². The molecule has 0 spiro atoms. The van der Waals surface area contributed by atoms with Gasteiger partial charge in [-0.25, -0.2) is 0 Å². The standard InChI is InChI=1S/C16H22N4OS2/c1-4-19(10-13(2)3)15(21)11-23-16-18-17-12-20(16)8-7-14-6-5-9-22-14/h5-6,9,12H,2,4,7-8,10-11H2,1,3H3. The number of hydrogen-bond donors (Lipinski definition) is 0. The van der Waals surface area contributed by atoms with Crippen LogP contribution in [0.15, 0.2) is 41.1 Å². The summed E-state index contributed by atoms with van der Waals surface area (Å²) in [5.41, 5.74) is 0.990. The van der Waals surface area contributed by atoms with Crippen LogP contribution in [0.1, 0.15) is 18.7 Å². The Kier molecular flexibility index (Phi) is 6.85. The number of aromatic nitrogens is 3. The lowest BCUT2D eigenvalue weighted by molar-refractivity contribution is -0.127. The van der Waals surface area contributed by atoms with Crippen molar-refractivity contribution >= 4 is 29.0 Å². The van der Waals surface area contributed by atoms with Crippen LogP contribution in [0, 0.1) is 0 Å². The number of carbonyl (C=O) groups excluding carboxylic acids is 1. The molecule has 0 aliphatic rings. The fraction of sp³-hybridized carbons (Fsp3) is 0.438. The lowest BCUT2D eigenvalue weighted by Gasteiger charge is -2.20.